The van der Waals surface area contributed by atoms with Crippen molar-refractivity contribution in [2.24, 2.45) is 5.73 Å². The number of alkyl carbamates (subject to hydrolysis) is 2. The molecule has 22 heteroatoms. The summed E-state index contributed by atoms with van der Waals surface area (Å²) in [6.45, 7) is 11.5. The molecule has 0 saturated heterocycles. The van der Waals surface area contributed by atoms with Crippen LogP contribution in [-0.4, -0.2) is 112 Å². The number of halogens is 4. The minimum atomic E-state index is -1.70. The van der Waals surface area contributed by atoms with Crippen LogP contribution >= 0.6 is 46.4 Å². The molecule has 0 saturated carbocycles. The number of amides is 2. The molecule has 15 rings (SSSR count). The molecule has 2 amide bonds. The van der Waals surface area contributed by atoms with Crippen molar-refractivity contribution in [3.05, 3.63) is 438 Å². The van der Waals surface area contributed by atoms with Crippen LogP contribution in [0.3, 0.4) is 0 Å². The number of ether oxygens (including phenoxy) is 4. The first kappa shape index (κ1) is 94.4. The lowest BCUT2D eigenvalue weighted by Gasteiger charge is -2.37. The van der Waals surface area contributed by atoms with Crippen LogP contribution in [0.5, 0.6) is 0 Å². The molecule has 658 valence electrons. The largest absolute Gasteiger partial charge is 0.483 e. The van der Waals surface area contributed by atoms with Crippen molar-refractivity contribution in [1.82, 2.24) is 10.6 Å². The lowest BCUT2D eigenvalue weighted by atomic mass is 9.79. The molecule has 2 aliphatic rings. The van der Waals surface area contributed by atoms with Gasteiger partial charge in [-0.2, -0.15) is 0 Å². The maximum absolute atomic E-state index is 14.0. The van der Waals surface area contributed by atoms with Crippen LogP contribution in [0.4, 0.5) is 9.59 Å². The zero-order valence-corrected chi connectivity index (χ0v) is 74.3. The van der Waals surface area contributed by atoms with Crippen LogP contribution in [0.2, 0.25) is 15.1 Å². The first-order valence-electron chi connectivity index (χ1n) is 42.3. The minimum Gasteiger partial charge on any atom is -0.483 e. The molecule has 18 nitrogen and oxygen atoms in total. The molecule has 13 aromatic rings. The van der Waals surface area contributed by atoms with Gasteiger partial charge in [-0.1, -0.05) is 388 Å². The Bertz CT molecular complexity index is 5870. The number of rotatable bonds is 26. The van der Waals surface area contributed by atoms with Gasteiger partial charge in [-0.15, -0.1) is 11.6 Å². The van der Waals surface area contributed by atoms with Gasteiger partial charge in [0.25, 0.3) is 6.45 Å². The summed E-state index contributed by atoms with van der Waals surface area (Å²) in [5.74, 6) is -3.29. The zero-order chi connectivity index (χ0) is 92.5. The van der Waals surface area contributed by atoms with Crippen molar-refractivity contribution < 1.29 is 74.6 Å². The number of aryl methyl sites for hydroxylation is 3. The molecular formula is C106H101Cl4N3O15. The number of benzene rings is 13. The number of nitrogens with one attached hydrogen (secondary N) is 2. The number of aliphatic hydroxyl groups is 3. The molecule has 13 aromatic carbocycles. The number of carbonyl (C=O) groups excluding carboxylic acids is 4. The summed E-state index contributed by atoms with van der Waals surface area (Å²) in [7, 11) is 0. The van der Waals surface area contributed by atoms with E-state index in [4.69, 9.17) is 87.5 Å². The Morgan fingerprint density at radius 2 is 0.656 bits per heavy atom. The fourth-order valence-corrected chi connectivity index (χ4v) is 17.2. The Morgan fingerprint density at radius 3 is 0.977 bits per heavy atom. The Labute approximate surface area is 767 Å². The van der Waals surface area contributed by atoms with Gasteiger partial charge in [0.2, 0.25) is 0 Å². The zero-order valence-electron chi connectivity index (χ0n) is 72.3. The fourth-order valence-electron chi connectivity index (χ4n) is 15.9. The molecule has 2 aliphatic carbocycles. The first-order valence-corrected chi connectivity index (χ1v) is 43.3. The summed E-state index contributed by atoms with van der Waals surface area (Å²) in [4.78, 5) is 71.0. The van der Waals surface area contributed by atoms with Crippen LogP contribution < -0.4 is 16.4 Å². The Balaban J connectivity index is 0.000000171. The molecule has 0 spiro atoms. The summed E-state index contributed by atoms with van der Waals surface area (Å²) in [5, 5.41) is 54.1. The molecule has 0 fully saturated rings. The lowest BCUT2D eigenvalue weighted by Crippen LogP contribution is -2.49. The summed E-state index contributed by atoms with van der Waals surface area (Å²) < 4.78 is 29.1. The van der Waals surface area contributed by atoms with Gasteiger partial charge in [-0.3, -0.25) is 4.79 Å². The average Bonchev–Trinajstić information content (AvgIpc) is 1.56. The topological polar surface area (TPSA) is 291 Å². The molecule has 0 bridgehead atoms. The van der Waals surface area contributed by atoms with Gasteiger partial charge < -0.3 is 60.8 Å². The predicted octanol–water partition coefficient (Wildman–Crippen LogP) is 21.4. The highest BCUT2D eigenvalue weighted by Gasteiger charge is 2.47. The maximum Gasteiger partial charge on any atom is 0.407 e. The molecule has 9 N–H and O–H groups in total. The van der Waals surface area contributed by atoms with Gasteiger partial charge in [0, 0.05) is 71.9 Å². The Kier molecular flexibility index (Phi) is 33.3. The molecule has 0 aromatic heterocycles. The third-order valence-electron chi connectivity index (χ3n) is 22.7. The standard InChI is InChI=1S/C40H36ClNO5.C25H26ClNO3.C20H16Cl2.C20H21NO5.CH2O2/c1-3-36(42-39(45)46-25-33-31-17-9-7-15-29(31)30-16-8-10-18-32(30)33)37(43)38(44)47-40(27-13-5-4-6-14-27,28-23-21-26(2)22-24-28)34-19-11-12-20-35(34)41;1-3-22(27)23(28)24(29)30-25(18-9-5-4-6-10-18,19-15-13-17(2)14-16-19)20-11-7-8-12-21(20)26;1-15-11-13-17(14-12-15)20(22,16-7-3-2-4-8-16)18-9-5-6-10-19(18)21;1-2-17(18(22)19(23)24)21-20(25)26-11-16-14-9-5-3-7-12(14)13-8-4-6-10-15(13)16;2-1-3/h4-24,33,36-37,43H,3,25H2,1-2H3,(H,42,45);4-16,22-23,28H,3,27H2,1-2H3;2-14H,1H3;3-10,16-18,22H,2,11H2,1H3,(H,21,25)(H,23,24);1H,(H,2,3)/t36-,37?,40?;22-,23?,25?;;17-,18?;/m00.0./s1/i;;;;1T. The van der Waals surface area contributed by atoms with E-state index in [0.717, 1.165) is 77.9 Å². The monoisotopic (exact) mass is 1800 g/mol. The molecule has 128 heavy (non-hydrogen) atoms. The SMILES string of the molecule is CC[C@H](N)C(O)C(=O)OC(c1ccccc1)(c1ccc(C)cc1)c1ccccc1Cl.CC[C@H](NC(=O)OCC1c2ccccc2-c2ccccc21)C(O)C(=O)O.CC[C@H](NC(=O)OCC1c2ccccc2-c2ccccc21)C(O)C(=O)OC(c1ccccc1)(c1ccc(C)cc1)c1ccccc1Cl.Cc1ccc(C(Cl)(c2ccccc2)c2ccccc2Cl)cc1.[3H]C(=O)O. The van der Waals surface area contributed by atoms with Crippen molar-refractivity contribution in [3.8, 4) is 22.3 Å². The Morgan fingerprint density at radius 1 is 0.391 bits per heavy atom. The molecule has 9 atom stereocenters. The normalized spacial score (nSPS) is 14.5. The average molecular weight is 1800 g/mol. The number of aliphatic hydroxyl groups excluding tert-OH is 3. The van der Waals surface area contributed by atoms with Crippen molar-refractivity contribution >= 4 is 82.9 Å². The quantitative estimate of drug-likeness (QED) is 0.00822. The number of carbonyl (C=O) groups is 6. The van der Waals surface area contributed by atoms with E-state index in [9.17, 15) is 39.3 Å². The highest BCUT2D eigenvalue weighted by molar-refractivity contribution is 6.35. The number of alkyl halides is 1. The molecule has 0 radical (unpaired) electrons. The van der Waals surface area contributed by atoms with Crippen LogP contribution in [-0.2, 0) is 54.2 Å². The summed E-state index contributed by atoms with van der Waals surface area (Å²) in [5.41, 5.74) is 22.0. The first-order chi connectivity index (χ1) is 62.1. The highest BCUT2D eigenvalue weighted by atomic mass is 35.5. The van der Waals surface area contributed by atoms with Crippen LogP contribution in [0.1, 0.15) is 142 Å². The third kappa shape index (κ3) is 22.1. The number of hydrogen-bond donors (Lipinski definition) is 8. The molecule has 0 heterocycles. The van der Waals surface area contributed by atoms with Crippen molar-refractivity contribution in [1.29, 1.82) is 0 Å². The minimum absolute atomic E-state index is 0.0716. The molecule has 0 aliphatic heterocycles. The van der Waals surface area contributed by atoms with Gasteiger partial charge in [-0.05, 0) is 114 Å². The lowest BCUT2D eigenvalue weighted by molar-refractivity contribution is -0.165. The van der Waals surface area contributed by atoms with E-state index >= 15 is 0 Å². The number of esters is 2. The number of carboxylic acid groups (broad SMARTS) is 2. The fraction of sp³-hybridized carbons (Fsp3) is 0.208. The van der Waals surface area contributed by atoms with E-state index in [1.807, 2.05) is 287 Å². The van der Waals surface area contributed by atoms with E-state index in [2.05, 4.69) is 54.0 Å². The van der Waals surface area contributed by atoms with Gasteiger partial charge in [-0.25, -0.2) is 24.0 Å². The van der Waals surface area contributed by atoms with E-state index < -0.39 is 89.1 Å². The number of carboxylic acids is 1. The molecule has 6 unspecified atom stereocenters. The second kappa shape index (κ2) is 45.1. The van der Waals surface area contributed by atoms with Crippen molar-refractivity contribution in [2.75, 3.05) is 13.2 Å². The number of nitrogens with two attached hydrogens (primary N) is 1. The number of hydrogen-bond acceptors (Lipinski definition) is 14. The van der Waals surface area contributed by atoms with Gasteiger partial charge >= 0.3 is 30.1 Å². The second-order valence-electron chi connectivity index (χ2n) is 30.8. The Hall–Kier alpha value is -12.7. The van der Waals surface area contributed by atoms with Crippen LogP contribution in [0.25, 0.3) is 22.3 Å². The van der Waals surface area contributed by atoms with E-state index in [-0.39, 0.29) is 37.9 Å². The summed E-state index contributed by atoms with van der Waals surface area (Å²) >= 11 is 27.0. The summed E-state index contributed by atoms with van der Waals surface area (Å²) in [6.07, 6.45) is -6.91. The highest BCUT2D eigenvalue weighted by Crippen LogP contribution is 2.50. The van der Waals surface area contributed by atoms with Crippen molar-refractivity contribution in [3.63, 3.8) is 0 Å². The van der Waals surface area contributed by atoms with Gasteiger partial charge in [0.05, 0.1) is 12.1 Å². The second-order valence-corrected chi connectivity index (χ2v) is 32.6. The van der Waals surface area contributed by atoms with E-state index in [1.165, 1.54) is 5.56 Å². The number of aliphatic carboxylic acids is 1. The third-order valence-corrected chi connectivity index (χ3v) is 24.3. The van der Waals surface area contributed by atoms with Crippen molar-refractivity contribution in [2.45, 2.75) is 125 Å². The smallest absolute Gasteiger partial charge is 0.407 e. The van der Waals surface area contributed by atoms with E-state index in [1.54, 1.807) is 45.0 Å². The molecular weight excluding hydrogens is 1700 g/mol. The predicted molar refractivity (Wildman–Crippen MR) is 502 cm³/mol. The van der Waals surface area contributed by atoms with Gasteiger partial charge in [0.1, 0.15) is 18.1 Å². The maximum atomic E-state index is 14.0. The van der Waals surface area contributed by atoms with Gasteiger partial charge in [0.15, 0.2) is 30.9 Å². The van der Waals surface area contributed by atoms with E-state index in [0.29, 0.717) is 49.3 Å². The van der Waals surface area contributed by atoms with Crippen LogP contribution in [0.15, 0.2) is 334 Å². The number of fused-ring (bicyclic) bond motifs is 6. The summed E-state index contributed by atoms with van der Waals surface area (Å²) in [6, 6.07) is 104. The van der Waals surface area contributed by atoms with Crippen LogP contribution in [0, 0.1) is 20.8 Å².